The second kappa shape index (κ2) is 7.44. The molecule has 2 heterocycles. The first-order chi connectivity index (χ1) is 11.6. The summed E-state index contributed by atoms with van der Waals surface area (Å²) in [7, 11) is 0. The molecule has 2 amide bonds. The maximum Gasteiger partial charge on any atom is 0.321 e. The minimum atomic E-state index is -0.345. The quantitative estimate of drug-likeness (QED) is 0.921. The number of benzene rings is 1. The molecule has 1 aromatic carbocycles. The molecule has 0 saturated carbocycles. The zero-order chi connectivity index (χ0) is 16.9. The summed E-state index contributed by atoms with van der Waals surface area (Å²) >= 11 is 5.74. The summed E-state index contributed by atoms with van der Waals surface area (Å²) in [6, 6.07) is 5.64. The van der Waals surface area contributed by atoms with Crippen LogP contribution in [0.25, 0.3) is 0 Å². The van der Waals surface area contributed by atoms with Crippen molar-refractivity contribution in [3.05, 3.63) is 47.5 Å². The molecule has 1 aliphatic heterocycles. The van der Waals surface area contributed by atoms with Gasteiger partial charge >= 0.3 is 12.0 Å². The third-order valence-corrected chi connectivity index (χ3v) is 3.82. The monoisotopic (exact) mass is 350 g/mol. The highest BCUT2D eigenvalue weighted by Gasteiger charge is 2.25. The molecule has 6 nitrogen and oxygen atoms in total. The molecule has 1 aliphatic rings. The van der Waals surface area contributed by atoms with Gasteiger partial charge in [-0.3, -0.25) is 0 Å². The number of piperidine rings is 1. The number of aromatic nitrogens is 2. The van der Waals surface area contributed by atoms with Crippen LogP contribution in [0.4, 0.5) is 14.9 Å². The number of likely N-dealkylation sites (tertiary alicyclic amines) is 1. The van der Waals surface area contributed by atoms with Crippen molar-refractivity contribution < 1.29 is 13.9 Å². The van der Waals surface area contributed by atoms with E-state index < -0.39 is 0 Å². The first kappa shape index (κ1) is 16.4. The van der Waals surface area contributed by atoms with Crippen molar-refractivity contribution in [1.82, 2.24) is 14.9 Å². The number of anilines is 1. The van der Waals surface area contributed by atoms with Gasteiger partial charge in [0.05, 0.1) is 24.0 Å². The number of carbonyl (C=O) groups excluding carboxylic acids is 1. The molecule has 2 aromatic rings. The fraction of sp³-hybridized carbons (Fsp3) is 0.312. The highest BCUT2D eigenvalue weighted by molar-refractivity contribution is 6.30. The van der Waals surface area contributed by atoms with E-state index >= 15 is 0 Å². The molecule has 3 rings (SSSR count). The number of hydrogen-bond acceptors (Lipinski definition) is 4. The van der Waals surface area contributed by atoms with E-state index in [-0.39, 0.29) is 24.0 Å². The van der Waals surface area contributed by atoms with Crippen LogP contribution >= 0.6 is 11.6 Å². The number of nitrogens with zero attached hydrogens (tertiary/aromatic N) is 3. The Kier molecular flexibility index (Phi) is 5.10. The van der Waals surface area contributed by atoms with E-state index in [2.05, 4.69) is 15.3 Å². The average Bonchev–Trinajstić information content (AvgIpc) is 2.59. The lowest BCUT2D eigenvalue weighted by atomic mass is 10.1. The molecule has 0 radical (unpaired) electrons. The SMILES string of the molecule is O=C(Nc1ccc(F)cc1)N1CCCC(Oc2ncc(Cl)cn2)C1. The number of rotatable bonds is 3. The zero-order valence-electron chi connectivity index (χ0n) is 12.8. The number of amides is 2. The third-order valence-electron chi connectivity index (χ3n) is 3.63. The first-order valence-electron chi connectivity index (χ1n) is 7.56. The second-order valence-electron chi connectivity index (χ2n) is 5.45. The molecule has 24 heavy (non-hydrogen) atoms. The van der Waals surface area contributed by atoms with E-state index in [1.165, 1.54) is 36.7 Å². The predicted octanol–water partition coefficient (Wildman–Crippen LogP) is 3.34. The van der Waals surface area contributed by atoms with Crippen molar-refractivity contribution in [2.45, 2.75) is 18.9 Å². The molecule has 0 spiro atoms. The van der Waals surface area contributed by atoms with Gasteiger partial charge in [-0.05, 0) is 37.1 Å². The summed E-state index contributed by atoms with van der Waals surface area (Å²) in [4.78, 5) is 22.0. The molecular weight excluding hydrogens is 335 g/mol. The molecule has 1 unspecified atom stereocenters. The van der Waals surface area contributed by atoms with Crippen LogP contribution in [-0.2, 0) is 0 Å². The lowest BCUT2D eigenvalue weighted by molar-refractivity contribution is 0.0983. The summed E-state index contributed by atoms with van der Waals surface area (Å²) in [5.74, 6) is -0.345. The molecule has 1 atom stereocenters. The fourth-order valence-corrected chi connectivity index (χ4v) is 2.56. The van der Waals surface area contributed by atoms with Crippen molar-refractivity contribution in [3.63, 3.8) is 0 Å². The molecule has 1 fully saturated rings. The Morgan fingerprint density at radius 2 is 2.00 bits per heavy atom. The van der Waals surface area contributed by atoms with E-state index in [0.29, 0.717) is 23.8 Å². The van der Waals surface area contributed by atoms with Gasteiger partial charge < -0.3 is 15.0 Å². The number of carbonyl (C=O) groups is 1. The van der Waals surface area contributed by atoms with Crippen LogP contribution in [0.2, 0.25) is 5.02 Å². The fourth-order valence-electron chi connectivity index (χ4n) is 2.46. The predicted molar refractivity (Wildman–Crippen MR) is 87.7 cm³/mol. The van der Waals surface area contributed by atoms with Crippen molar-refractivity contribution in [2.75, 3.05) is 18.4 Å². The van der Waals surface area contributed by atoms with E-state index in [9.17, 15) is 9.18 Å². The molecular formula is C16H16ClFN4O2. The molecule has 1 aromatic heterocycles. The van der Waals surface area contributed by atoms with Crippen molar-refractivity contribution >= 4 is 23.3 Å². The van der Waals surface area contributed by atoms with Gasteiger partial charge in [-0.25, -0.2) is 19.2 Å². The van der Waals surface area contributed by atoms with E-state index in [0.717, 1.165) is 12.8 Å². The first-order valence-corrected chi connectivity index (χ1v) is 7.93. The van der Waals surface area contributed by atoms with Gasteiger partial charge in [0.15, 0.2) is 0 Å². The summed E-state index contributed by atoms with van der Waals surface area (Å²) in [5.41, 5.74) is 0.547. The van der Waals surface area contributed by atoms with Crippen molar-refractivity contribution in [1.29, 1.82) is 0 Å². The standard InChI is InChI=1S/C16H16ClFN4O2/c17-11-8-19-15(20-9-11)24-14-2-1-7-22(10-14)16(23)21-13-5-3-12(18)4-6-13/h3-6,8-9,14H,1-2,7,10H2,(H,21,23). The largest absolute Gasteiger partial charge is 0.458 e. The number of halogens is 2. The second-order valence-corrected chi connectivity index (χ2v) is 5.89. The Labute approximate surface area is 143 Å². The summed E-state index contributed by atoms with van der Waals surface area (Å²) in [6.07, 6.45) is 4.37. The normalized spacial score (nSPS) is 17.4. The Morgan fingerprint density at radius 1 is 1.29 bits per heavy atom. The van der Waals surface area contributed by atoms with Crippen LogP contribution in [0, 0.1) is 5.82 Å². The lowest BCUT2D eigenvalue weighted by Crippen LogP contribution is -2.46. The third kappa shape index (κ3) is 4.32. The number of urea groups is 1. The van der Waals surface area contributed by atoms with Crippen molar-refractivity contribution in [2.24, 2.45) is 0 Å². The molecule has 126 valence electrons. The van der Waals surface area contributed by atoms with Crippen LogP contribution in [0.5, 0.6) is 6.01 Å². The topological polar surface area (TPSA) is 67.4 Å². The van der Waals surface area contributed by atoms with Crippen molar-refractivity contribution in [3.8, 4) is 6.01 Å². The number of ether oxygens (including phenoxy) is 1. The van der Waals surface area contributed by atoms with E-state index in [1.54, 1.807) is 4.90 Å². The van der Waals surface area contributed by atoms with E-state index in [4.69, 9.17) is 16.3 Å². The zero-order valence-corrected chi connectivity index (χ0v) is 13.5. The van der Waals surface area contributed by atoms with Gasteiger partial charge in [-0.2, -0.15) is 0 Å². The summed E-state index contributed by atoms with van der Waals surface area (Å²) in [6.45, 7) is 1.06. The van der Waals surface area contributed by atoms with Gasteiger partial charge in [0.1, 0.15) is 11.9 Å². The molecule has 1 saturated heterocycles. The van der Waals surface area contributed by atoms with Crippen LogP contribution in [0.3, 0.4) is 0 Å². The van der Waals surface area contributed by atoms with Gasteiger partial charge in [-0.1, -0.05) is 11.6 Å². The number of nitrogens with one attached hydrogen (secondary N) is 1. The smallest absolute Gasteiger partial charge is 0.321 e. The number of hydrogen-bond donors (Lipinski definition) is 1. The molecule has 1 N–H and O–H groups in total. The Morgan fingerprint density at radius 3 is 2.71 bits per heavy atom. The lowest BCUT2D eigenvalue weighted by Gasteiger charge is -2.32. The Bertz CT molecular complexity index is 696. The van der Waals surface area contributed by atoms with Gasteiger partial charge in [0.2, 0.25) is 0 Å². The van der Waals surface area contributed by atoms with Crippen LogP contribution < -0.4 is 10.1 Å². The highest BCUT2D eigenvalue weighted by Crippen LogP contribution is 2.17. The molecule has 0 aliphatic carbocycles. The van der Waals surface area contributed by atoms with Gasteiger partial charge in [0.25, 0.3) is 0 Å². The maximum absolute atomic E-state index is 12.9. The molecule has 8 heteroatoms. The summed E-state index contributed by atoms with van der Waals surface area (Å²) in [5, 5.41) is 3.18. The minimum absolute atomic E-state index is 0.182. The maximum atomic E-state index is 12.9. The van der Waals surface area contributed by atoms with Crippen LogP contribution in [0.15, 0.2) is 36.7 Å². The summed E-state index contributed by atoms with van der Waals surface area (Å²) < 4.78 is 18.6. The van der Waals surface area contributed by atoms with E-state index in [1.807, 2.05) is 0 Å². The highest BCUT2D eigenvalue weighted by atomic mass is 35.5. The molecule has 0 bridgehead atoms. The average molecular weight is 351 g/mol. The Hall–Kier alpha value is -2.41. The van der Waals surface area contributed by atoms with Gasteiger partial charge in [0, 0.05) is 12.2 Å². The van der Waals surface area contributed by atoms with Crippen LogP contribution in [0.1, 0.15) is 12.8 Å². The minimum Gasteiger partial charge on any atom is -0.458 e. The Balaban J connectivity index is 1.57. The van der Waals surface area contributed by atoms with Gasteiger partial charge in [-0.15, -0.1) is 0 Å². The van der Waals surface area contributed by atoms with Crippen LogP contribution in [-0.4, -0.2) is 40.1 Å².